The number of halogens is 5. The third-order valence-electron chi connectivity index (χ3n) is 6.26. The summed E-state index contributed by atoms with van der Waals surface area (Å²) in [5, 5.41) is 0. The molecule has 29 heavy (non-hydrogen) atoms. The molecule has 0 bridgehead atoms. The molecule has 3 heterocycles. The number of hydrogen-bond acceptors (Lipinski definition) is 3. The molecule has 0 aromatic heterocycles. The largest absolute Gasteiger partial charge is 0.367 e. The highest BCUT2D eigenvalue weighted by molar-refractivity contribution is 7.99. The average molecular weight is 426 g/mol. The maximum absolute atomic E-state index is 14.1. The number of nitrogens with zero attached hydrogens (tertiary/aromatic N) is 2. The lowest BCUT2D eigenvalue weighted by molar-refractivity contribution is 0.180. The minimum Gasteiger partial charge on any atom is -0.367 e. The van der Waals surface area contributed by atoms with E-state index in [2.05, 4.69) is 17.0 Å². The van der Waals surface area contributed by atoms with Crippen molar-refractivity contribution in [2.45, 2.75) is 36.2 Å². The van der Waals surface area contributed by atoms with Crippen LogP contribution in [0.1, 0.15) is 29.9 Å². The standard InChI is InChI=1S/C21H19F5N2S/c22-16-13(17(23)19(25)20(26)18(16)24)10-27-7-5-14-12(9-27)11-3-1-4-15-21(11)28(14)6-2-8-29-15/h1,3-4,12,14H,2,5-10H2. The first-order valence-electron chi connectivity index (χ1n) is 9.72. The van der Waals surface area contributed by atoms with Crippen LogP contribution >= 0.6 is 11.8 Å². The van der Waals surface area contributed by atoms with Gasteiger partial charge in [-0.15, -0.1) is 11.8 Å². The van der Waals surface area contributed by atoms with Crippen LogP contribution in [0.5, 0.6) is 0 Å². The summed E-state index contributed by atoms with van der Waals surface area (Å²) in [4.78, 5) is 5.53. The van der Waals surface area contributed by atoms with E-state index in [-0.39, 0.29) is 12.5 Å². The van der Waals surface area contributed by atoms with E-state index in [4.69, 9.17) is 0 Å². The maximum Gasteiger partial charge on any atom is 0.200 e. The molecular weight excluding hydrogens is 407 g/mol. The summed E-state index contributed by atoms with van der Waals surface area (Å²) in [5.74, 6) is -8.09. The highest BCUT2D eigenvalue weighted by Gasteiger charge is 2.43. The van der Waals surface area contributed by atoms with Crippen LogP contribution in [-0.4, -0.2) is 36.3 Å². The van der Waals surface area contributed by atoms with E-state index in [0.29, 0.717) is 19.1 Å². The smallest absolute Gasteiger partial charge is 0.200 e. The Bertz CT molecular complexity index is 953. The summed E-state index contributed by atoms with van der Waals surface area (Å²) in [7, 11) is 0. The van der Waals surface area contributed by atoms with Crippen molar-refractivity contribution in [3.05, 3.63) is 58.4 Å². The predicted octanol–water partition coefficient (Wildman–Crippen LogP) is 5.06. The molecule has 0 radical (unpaired) electrons. The minimum absolute atomic E-state index is 0.165. The van der Waals surface area contributed by atoms with Gasteiger partial charge in [-0.2, -0.15) is 0 Å². The van der Waals surface area contributed by atoms with E-state index in [1.807, 2.05) is 17.8 Å². The van der Waals surface area contributed by atoms with Gasteiger partial charge < -0.3 is 4.90 Å². The van der Waals surface area contributed by atoms with Crippen molar-refractivity contribution < 1.29 is 22.0 Å². The van der Waals surface area contributed by atoms with Crippen molar-refractivity contribution in [1.82, 2.24) is 4.90 Å². The summed E-state index contributed by atoms with van der Waals surface area (Å²) in [5.41, 5.74) is 1.74. The van der Waals surface area contributed by atoms with Crippen LogP contribution in [0.15, 0.2) is 23.1 Å². The van der Waals surface area contributed by atoms with Gasteiger partial charge in [-0.1, -0.05) is 12.1 Å². The van der Waals surface area contributed by atoms with Gasteiger partial charge in [0.15, 0.2) is 23.3 Å². The normalized spacial score (nSPS) is 23.7. The van der Waals surface area contributed by atoms with Gasteiger partial charge in [0.2, 0.25) is 5.82 Å². The summed E-state index contributed by atoms with van der Waals surface area (Å²) in [6.07, 6.45) is 1.88. The Morgan fingerprint density at radius 2 is 1.66 bits per heavy atom. The third-order valence-corrected chi connectivity index (χ3v) is 7.39. The lowest BCUT2D eigenvalue weighted by Crippen LogP contribution is -2.46. The van der Waals surface area contributed by atoms with E-state index in [1.165, 1.54) is 16.1 Å². The van der Waals surface area contributed by atoms with Gasteiger partial charge in [0.25, 0.3) is 0 Å². The highest BCUT2D eigenvalue weighted by Crippen LogP contribution is 2.50. The van der Waals surface area contributed by atoms with Crippen molar-refractivity contribution >= 4 is 17.4 Å². The van der Waals surface area contributed by atoms with Crippen LogP contribution in [0.2, 0.25) is 0 Å². The fourth-order valence-corrected chi connectivity index (χ4v) is 6.00. The fraction of sp³-hybridized carbons (Fsp3) is 0.429. The first kappa shape index (κ1) is 19.2. The highest BCUT2D eigenvalue weighted by atomic mass is 32.2. The van der Waals surface area contributed by atoms with Gasteiger partial charge in [0, 0.05) is 48.6 Å². The van der Waals surface area contributed by atoms with E-state index < -0.39 is 34.6 Å². The zero-order chi connectivity index (χ0) is 20.3. The summed E-state index contributed by atoms with van der Waals surface area (Å²) >= 11 is 1.85. The number of thioether (sulfide) groups is 1. The van der Waals surface area contributed by atoms with Crippen LogP contribution in [0.25, 0.3) is 0 Å². The molecule has 0 spiro atoms. The number of anilines is 1. The summed E-state index contributed by atoms with van der Waals surface area (Å²) in [6, 6.07) is 6.59. The second kappa shape index (κ2) is 7.16. The Labute approximate surface area is 169 Å². The van der Waals surface area contributed by atoms with Gasteiger partial charge in [0.1, 0.15) is 0 Å². The zero-order valence-corrected chi connectivity index (χ0v) is 16.3. The number of para-hydroxylation sites is 1. The van der Waals surface area contributed by atoms with Crippen LogP contribution in [-0.2, 0) is 6.54 Å². The molecule has 8 heteroatoms. The minimum atomic E-state index is -2.11. The molecule has 1 fully saturated rings. The summed E-state index contributed by atoms with van der Waals surface area (Å²) < 4.78 is 68.7. The fourth-order valence-electron chi connectivity index (χ4n) is 4.97. The topological polar surface area (TPSA) is 6.48 Å². The van der Waals surface area contributed by atoms with E-state index in [9.17, 15) is 22.0 Å². The Morgan fingerprint density at radius 3 is 2.41 bits per heavy atom. The first-order chi connectivity index (χ1) is 14.0. The Hall–Kier alpha value is -1.80. The van der Waals surface area contributed by atoms with Crippen LogP contribution in [0, 0.1) is 29.1 Å². The molecule has 2 unspecified atom stereocenters. The van der Waals surface area contributed by atoms with Crippen molar-refractivity contribution in [3.8, 4) is 0 Å². The van der Waals surface area contributed by atoms with Gasteiger partial charge in [-0.05, 0) is 30.2 Å². The molecule has 0 aliphatic carbocycles. The van der Waals surface area contributed by atoms with E-state index in [0.717, 1.165) is 25.1 Å². The van der Waals surface area contributed by atoms with Crippen molar-refractivity contribution in [1.29, 1.82) is 0 Å². The van der Waals surface area contributed by atoms with Gasteiger partial charge in [-0.25, -0.2) is 22.0 Å². The molecule has 2 aromatic carbocycles. The van der Waals surface area contributed by atoms with Crippen LogP contribution in [0.4, 0.5) is 27.6 Å². The quantitative estimate of drug-likeness (QED) is 0.377. The monoisotopic (exact) mass is 426 g/mol. The summed E-state index contributed by atoms with van der Waals surface area (Å²) in [6.45, 7) is 1.77. The molecule has 0 saturated carbocycles. The van der Waals surface area contributed by atoms with Crippen molar-refractivity contribution in [2.75, 3.05) is 30.3 Å². The number of fused-ring (bicyclic) bond motifs is 3. The van der Waals surface area contributed by atoms with Crippen LogP contribution < -0.4 is 4.90 Å². The lowest BCUT2D eigenvalue weighted by atomic mass is 9.88. The van der Waals surface area contributed by atoms with Gasteiger partial charge >= 0.3 is 0 Å². The number of likely N-dealkylation sites (tertiary alicyclic amines) is 1. The Kier molecular flexibility index (Phi) is 4.74. The lowest BCUT2D eigenvalue weighted by Gasteiger charge is -2.39. The van der Waals surface area contributed by atoms with Crippen LogP contribution in [0.3, 0.4) is 0 Å². The molecule has 1 saturated heterocycles. The SMILES string of the molecule is Fc1c(F)c(F)c(CN2CCC3C(C2)c2cccc4c2N3CCCS4)c(F)c1F. The van der Waals surface area contributed by atoms with Crippen molar-refractivity contribution in [3.63, 3.8) is 0 Å². The molecule has 0 amide bonds. The van der Waals surface area contributed by atoms with E-state index >= 15 is 0 Å². The number of rotatable bonds is 2. The van der Waals surface area contributed by atoms with E-state index in [1.54, 1.807) is 4.90 Å². The molecule has 3 aliphatic heterocycles. The second-order valence-corrected chi connectivity index (χ2v) is 8.97. The molecule has 3 aliphatic rings. The number of hydrogen-bond donors (Lipinski definition) is 0. The third kappa shape index (κ3) is 2.94. The molecule has 2 nitrogen and oxygen atoms in total. The Morgan fingerprint density at radius 1 is 0.931 bits per heavy atom. The number of benzene rings is 2. The van der Waals surface area contributed by atoms with Gasteiger partial charge in [-0.3, -0.25) is 4.90 Å². The maximum atomic E-state index is 14.1. The van der Waals surface area contributed by atoms with Crippen molar-refractivity contribution in [2.24, 2.45) is 0 Å². The average Bonchev–Trinajstić information content (AvgIpc) is 2.89. The predicted molar refractivity (Wildman–Crippen MR) is 102 cm³/mol. The molecular formula is C21H19F5N2S. The molecule has 154 valence electrons. The first-order valence-corrected chi connectivity index (χ1v) is 10.7. The number of piperidine rings is 1. The Balaban J connectivity index is 1.45. The van der Waals surface area contributed by atoms with Gasteiger partial charge in [0.05, 0.1) is 5.69 Å². The molecule has 5 rings (SSSR count). The zero-order valence-electron chi connectivity index (χ0n) is 15.5. The second-order valence-electron chi connectivity index (χ2n) is 7.84. The molecule has 2 aromatic rings. The molecule has 2 atom stereocenters. The molecule has 0 N–H and O–H groups in total.